The first-order valence-electron chi connectivity index (χ1n) is 2.40. The van der Waals surface area contributed by atoms with E-state index in [1.54, 1.807) is 0 Å². The molecule has 2 nitrogen and oxygen atoms in total. The van der Waals surface area contributed by atoms with Crippen LogP contribution in [0.1, 0.15) is 20.3 Å². The van der Waals surface area contributed by atoms with Crippen LogP contribution in [0.5, 0.6) is 0 Å². The van der Waals surface area contributed by atoms with E-state index in [9.17, 15) is 4.79 Å². The highest BCUT2D eigenvalue weighted by atomic mass is 31.0. The summed E-state index contributed by atoms with van der Waals surface area (Å²) in [5, 5.41) is 0. The van der Waals surface area contributed by atoms with Crippen LogP contribution in [0.2, 0.25) is 0 Å². The van der Waals surface area contributed by atoms with Crippen molar-refractivity contribution in [3.8, 4) is 0 Å². The Hall–Kier alpha value is -0.100. The number of hydrogen-bond donors (Lipinski definition) is 0. The maximum absolute atomic E-state index is 9.98. The molecule has 0 aromatic rings. The monoisotopic (exact) mass is 136 g/mol. The standard InChI is InChI=1S/C5H10O2.H3P/c1-3-4-7-5(2)6;/h3-4H2,1-2H3;1H3. The van der Waals surface area contributed by atoms with Crippen molar-refractivity contribution in [2.45, 2.75) is 20.3 Å². The van der Waals surface area contributed by atoms with Crippen molar-refractivity contribution in [1.82, 2.24) is 0 Å². The Morgan fingerprint density at radius 2 is 2.12 bits per heavy atom. The van der Waals surface area contributed by atoms with Crippen LogP contribution in [0.3, 0.4) is 0 Å². The van der Waals surface area contributed by atoms with Gasteiger partial charge in [0.05, 0.1) is 6.61 Å². The summed E-state index contributed by atoms with van der Waals surface area (Å²) < 4.78 is 4.55. The molecular formula is C5H13O2P. The zero-order valence-electron chi connectivity index (χ0n) is 5.44. The third-order valence-corrected chi connectivity index (χ3v) is 0.509. The lowest BCUT2D eigenvalue weighted by atomic mass is 10.5. The Bertz CT molecular complexity index is 63.4. The predicted molar refractivity (Wildman–Crippen MR) is 38.0 cm³/mol. The van der Waals surface area contributed by atoms with Crippen molar-refractivity contribution in [3.63, 3.8) is 0 Å². The number of ether oxygens (including phenoxy) is 1. The Kier molecular flexibility index (Phi) is 9.32. The lowest BCUT2D eigenvalue weighted by Gasteiger charge is -1.93. The summed E-state index contributed by atoms with van der Waals surface area (Å²) in [6, 6.07) is 0. The summed E-state index contributed by atoms with van der Waals surface area (Å²) in [7, 11) is 0. The zero-order valence-corrected chi connectivity index (χ0v) is 6.85. The van der Waals surface area contributed by atoms with Crippen molar-refractivity contribution >= 4 is 15.9 Å². The van der Waals surface area contributed by atoms with E-state index < -0.39 is 0 Å². The van der Waals surface area contributed by atoms with E-state index in [0.717, 1.165) is 6.42 Å². The number of hydrogen-bond acceptors (Lipinski definition) is 2. The van der Waals surface area contributed by atoms with Gasteiger partial charge in [-0.2, -0.15) is 9.90 Å². The predicted octanol–water partition coefficient (Wildman–Crippen LogP) is 1.02. The second-order valence-corrected chi connectivity index (χ2v) is 1.34. The highest BCUT2D eigenvalue weighted by Crippen LogP contribution is 1.78. The molecule has 0 aromatic carbocycles. The molecule has 0 bridgehead atoms. The van der Waals surface area contributed by atoms with Gasteiger partial charge in [-0.3, -0.25) is 4.79 Å². The fourth-order valence-corrected chi connectivity index (χ4v) is 0.246. The number of carbonyl (C=O) groups is 1. The smallest absolute Gasteiger partial charge is 0.302 e. The molecule has 3 heteroatoms. The van der Waals surface area contributed by atoms with Gasteiger partial charge in [0.15, 0.2) is 0 Å². The Morgan fingerprint density at radius 1 is 1.62 bits per heavy atom. The second-order valence-electron chi connectivity index (χ2n) is 1.34. The quantitative estimate of drug-likeness (QED) is 0.418. The van der Waals surface area contributed by atoms with Crippen molar-refractivity contribution in [2.24, 2.45) is 0 Å². The lowest BCUT2D eigenvalue weighted by molar-refractivity contribution is -0.140. The Labute approximate surface area is 53.2 Å². The molecule has 0 amide bonds. The minimum atomic E-state index is -0.193. The highest BCUT2D eigenvalue weighted by Gasteiger charge is 1.85. The molecule has 0 aliphatic rings. The van der Waals surface area contributed by atoms with Crippen LogP contribution in [-0.4, -0.2) is 12.6 Å². The van der Waals surface area contributed by atoms with E-state index in [0.29, 0.717) is 6.61 Å². The van der Waals surface area contributed by atoms with E-state index in [1.807, 2.05) is 6.92 Å². The molecule has 0 spiro atoms. The van der Waals surface area contributed by atoms with Gasteiger partial charge in [0.1, 0.15) is 0 Å². The summed E-state index contributed by atoms with van der Waals surface area (Å²) in [6.07, 6.45) is 0.902. The van der Waals surface area contributed by atoms with E-state index in [1.165, 1.54) is 6.92 Å². The molecule has 1 unspecified atom stereocenters. The van der Waals surface area contributed by atoms with Gasteiger partial charge in [-0.05, 0) is 6.42 Å². The van der Waals surface area contributed by atoms with E-state index in [2.05, 4.69) is 4.74 Å². The Balaban J connectivity index is 0. The molecule has 1 atom stereocenters. The minimum absolute atomic E-state index is 0. The maximum Gasteiger partial charge on any atom is 0.302 e. The van der Waals surface area contributed by atoms with Gasteiger partial charge in [-0.25, -0.2) is 0 Å². The largest absolute Gasteiger partial charge is 0.466 e. The van der Waals surface area contributed by atoms with Crippen LogP contribution in [-0.2, 0) is 9.53 Å². The van der Waals surface area contributed by atoms with Crippen LogP contribution < -0.4 is 0 Å². The van der Waals surface area contributed by atoms with Gasteiger partial charge < -0.3 is 4.74 Å². The SMILES string of the molecule is CCCOC(C)=O.P. The first kappa shape index (κ1) is 10.8. The molecule has 0 saturated heterocycles. The van der Waals surface area contributed by atoms with Crippen LogP contribution in [0, 0.1) is 0 Å². The number of rotatable bonds is 2. The molecule has 0 aliphatic carbocycles. The lowest BCUT2D eigenvalue weighted by Crippen LogP contribution is -1.98. The zero-order chi connectivity index (χ0) is 5.70. The highest BCUT2D eigenvalue weighted by molar-refractivity contribution is 6.92. The van der Waals surface area contributed by atoms with E-state index in [-0.39, 0.29) is 15.9 Å². The third kappa shape index (κ3) is 9.31. The van der Waals surface area contributed by atoms with Gasteiger partial charge >= 0.3 is 5.97 Å². The molecule has 0 fully saturated rings. The summed E-state index contributed by atoms with van der Waals surface area (Å²) in [6.45, 7) is 3.92. The molecule has 0 N–H and O–H groups in total. The fourth-order valence-electron chi connectivity index (χ4n) is 0.246. The van der Waals surface area contributed by atoms with E-state index in [4.69, 9.17) is 0 Å². The number of carbonyl (C=O) groups excluding carboxylic acids is 1. The number of esters is 1. The van der Waals surface area contributed by atoms with Gasteiger partial charge in [-0.15, -0.1) is 0 Å². The van der Waals surface area contributed by atoms with E-state index >= 15 is 0 Å². The van der Waals surface area contributed by atoms with Gasteiger partial charge in [-0.1, -0.05) is 6.92 Å². The molecule has 50 valence electrons. The summed E-state index contributed by atoms with van der Waals surface area (Å²) in [5.74, 6) is -0.193. The molecular weight excluding hydrogens is 123 g/mol. The molecule has 0 radical (unpaired) electrons. The van der Waals surface area contributed by atoms with Crippen molar-refractivity contribution in [2.75, 3.05) is 6.61 Å². The molecule has 8 heavy (non-hydrogen) atoms. The van der Waals surface area contributed by atoms with Gasteiger partial charge in [0.25, 0.3) is 0 Å². The fraction of sp³-hybridized carbons (Fsp3) is 0.800. The summed E-state index contributed by atoms with van der Waals surface area (Å²) in [5.41, 5.74) is 0. The second kappa shape index (κ2) is 6.90. The minimum Gasteiger partial charge on any atom is -0.466 e. The first-order chi connectivity index (χ1) is 3.27. The Morgan fingerprint density at radius 3 is 2.25 bits per heavy atom. The average Bonchev–Trinajstić information content (AvgIpc) is 1.61. The first-order valence-corrected chi connectivity index (χ1v) is 2.40. The normalized spacial score (nSPS) is 7.25. The van der Waals surface area contributed by atoms with Crippen LogP contribution in [0.4, 0.5) is 0 Å². The molecule has 0 heterocycles. The third-order valence-electron chi connectivity index (χ3n) is 0.509. The average molecular weight is 136 g/mol. The van der Waals surface area contributed by atoms with Crippen molar-refractivity contribution < 1.29 is 9.53 Å². The van der Waals surface area contributed by atoms with Crippen LogP contribution in [0.15, 0.2) is 0 Å². The molecule has 0 aromatic heterocycles. The van der Waals surface area contributed by atoms with Crippen molar-refractivity contribution in [3.05, 3.63) is 0 Å². The van der Waals surface area contributed by atoms with Crippen LogP contribution >= 0.6 is 9.90 Å². The van der Waals surface area contributed by atoms with Crippen LogP contribution in [0.25, 0.3) is 0 Å². The maximum atomic E-state index is 9.98. The van der Waals surface area contributed by atoms with Gasteiger partial charge in [0, 0.05) is 6.92 Å². The van der Waals surface area contributed by atoms with Crippen molar-refractivity contribution in [1.29, 1.82) is 0 Å². The molecule has 0 rings (SSSR count). The van der Waals surface area contributed by atoms with Gasteiger partial charge in [0.2, 0.25) is 0 Å². The molecule has 0 aliphatic heterocycles. The summed E-state index contributed by atoms with van der Waals surface area (Å²) >= 11 is 0. The summed E-state index contributed by atoms with van der Waals surface area (Å²) in [4.78, 5) is 9.98. The molecule has 0 saturated carbocycles. The topological polar surface area (TPSA) is 26.3 Å².